The smallest absolute Gasteiger partial charge is 0.335 e. The van der Waals surface area contributed by atoms with Crippen molar-refractivity contribution in [1.82, 2.24) is 4.90 Å². The predicted molar refractivity (Wildman–Crippen MR) is 119 cm³/mol. The number of aliphatic hydroxyl groups excluding tert-OH is 2. The summed E-state index contributed by atoms with van der Waals surface area (Å²) in [5, 5.41) is 33.8. The molecule has 182 valence electrons. The number of rotatable bonds is 7. The molecule has 11 heteroatoms. The SMILES string of the molecule is CCOC[C@@H]1[C@@H](c2ccc(Cl)c(Cl)c2)C[C@@H]2CC[C@H]1N2C.O.O=C(O)[C@H](O)[C@@H](O)C(=O)O. The Labute approximate surface area is 196 Å². The molecular weight excluding hydrogens is 465 g/mol. The lowest BCUT2D eigenvalue weighted by Crippen LogP contribution is -2.47. The van der Waals surface area contributed by atoms with Crippen molar-refractivity contribution in [3.8, 4) is 0 Å². The minimum Gasteiger partial charge on any atom is -0.479 e. The van der Waals surface area contributed by atoms with E-state index in [2.05, 4.69) is 31.0 Å². The van der Waals surface area contributed by atoms with E-state index in [1.165, 1.54) is 24.8 Å². The van der Waals surface area contributed by atoms with Gasteiger partial charge in [-0.3, -0.25) is 0 Å². The van der Waals surface area contributed by atoms with Gasteiger partial charge in [0.05, 0.1) is 16.7 Å². The van der Waals surface area contributed by atoms with Gasteiger partial charge in [-0.2, -0.15) is 0 Å². The van der Waals surface area contributed by atoms with E-state index in [-0.39, 0.29) is 5.48 Å². The van der Waals surface area contributed by atoms with Crippen molar-refractivity contribution >= 4 is 35.1 Å². The van der Waals surface area contributed by atoms with Crippen molar-refractivity contribution in [2.75, 3.05) is 20.3 Å². The van der Waals surface area contributed by atoms with Crippen LogP contribution in [0.3, 0.4) is 0 Å². The third-order valence-corrected chi connectivity index (χ3v) is 6.86. The Morgan fingerprint density at radius 3 is 2.22 bits per heavy atom. The lowest BCUT2D eigenvalue weighted by Gasteiger charge is -2.43. The van der Waals surface area contributed by atoms with Crippen LogP contribution in [-0.2, 0) is 14.3 Å². The van der Waals surface area contributed by atoms with E-state index in [1.54, 1.807) is 0 Å². The summed E-state index contributed by atoms with van der Waals surface area (Å²) in [6.07, 6.45) is -0.740. The Morgan fingerprint density at radius 2 is 1.72 bits per heavy atom. The van der Waals surface area contributed by atoms with Gasteiger partial charge in [0, 0.05) is 24.6 Å². The summed E-state index contributed by atoms with van der Waals surface area (Å²) < 4.78 is 5.79. The molecule has 6 N–H and O–H groups in total. The fraction of sp³-hybridized carbons (Fsp3) is 0.619. The molecule has 32 heavy (non-hydrogen) atoms. The molecule has 0 aliphatic carbocycles. The van der Waals surface area contributed by atoms with Gasteiger partial charge in [0.1, 0.15) is 0 Å². The maximum Gasteiger partial charge on any atom is 0.335 e. The van der Waals surface area contributed by atoms with Crippen LogP contribution in [0, 0.1) is 5.92 Å². The number of carboxylic acids is 2. The summed E-state index contributed by atoms with van der Waals surface area (Å²) in [5.74, 6) is -2.46. The number of aliphatic hydroxyl groups is 2. The first kappa shape index (κ1) is 28.6. The van der Waals surface area contributed by atoms with Crippen LogP contribution in [0.5, 0.6) is 0 Å². The lowest BCUT2D eigenvalue weighted by atomic mass is 9.76. The molecular formula is C21H31Cl2NO8. The first-order valence-corrected chi connectivity index (χ1v) is 10.9. The molecule has 0 unspecified atom stereocenters. The number of halogens is 2. The monoisotopic (exact) mass is 495 g/mol. The van der Waals surface area contributed by atoms with Crippen molar-refractivity contribution in [3.63, 3.8) is 0 Å². The van der Waals surface area contributed by atoms with E-state index < -0.39 is 24.1 Å². The number of aliphatic carboxylic acids is 2. The van der Waals surface area contributed by atoms with Gasteiger partial charge in [-0.15, -0.1) is 0 Å². The standard InChI is InChI=1S/C17H23Cl2NO.C4H6O6.H2O/c1-3-21-10-14-13(9-12-5-7-17(14)20(12)2)11-4-6-15(18)16(19)8-11;5-1(3(7)8)2(6)4(9)10;/h4,6,8,12-14,17H,3,5,7,9-10H2,1-2H3;1-2,5-6H,(H,7,8)(H,9,10);1H2/t12-,13+,14+,17+;1-,2-;/m01./s1. The number of benzene rings is 1. The van der Waals surface area contributed by atoms with Gasteiger partial charge in [0.2, 0.25) is 0 Å². The van der Waals surface area contributed by atoms with E-state index in [4.69, 9.17) is 48.4 Å². The van der Waals surface area contributed by atoms with Crippen LogP contribution in [0.4, 0.5) is 0 Å². The van der Waals surface area contributed by atoms with E-state index in [0.717, 1.165) is 13.2 Å². The Bertz CT molecular complexity index is 762. The van der Waals surface area contributed by atoms with Crippen LogP contribution in [0.25, 0.3) is 0 Å². The molecule has 0 spiro atoms. The Balaban J connectivity index is 0.000000400. The van der Waals surface area contributed by atoms with Crippen molar-refractivity contribution in [2.24, 2.45) is 5.92 Å². The highest BCUT2D eigenvalue weighted by Crippen LogP contribution is 2.46. The zero-order valence-electron chi connectivity index (χ0n) is 17.9. The molecule has 2 aliphatic rings. The summed E-state index contributed by atoms with van der Waals surface area (Å²) >= 11 is 12.3. The zero-order valence-corrected chi connectivity index (χ0v) is 19.5. The highest BCUT2D eigenvalue weighted by molar-refractivity contribution is 6.42. The number of piperidine rings is 1. The van der Waals surface area contributed by atoms with E-state index in [9.17, 15) is 9.59 Å². The van der Waals surface area contributed by atoms with E-state index in [0.29, 0.717) is 34.0 Å². The second-order valence-corrected chi connectivity index (χ2v) is 8.68. The molecule has 6 atom stereocenters. The van der Waals surface area contributed by atoms with Gasteiger partial charge in [-0.05, 0) is 56.8 Å². The predicted octanol–water partition coefficient (Wildman–Crippen LogP) is 1.65. The molecule has 2 saturated heterocycles. The summed E-state index contributed by atoms with van der Waals surface area (Å²) in [7, 11) is 2.27. The second-order valence-electron chi connectivity index (χ2n) is 7.87. The van der Waals surface area contributed by atoms with Gasteiger partial charge in [-0.1, -0.05) is 29.3 Å². The third-order valence-electron chi connectivity index (χ3n) is 6.12. The van der Waals surface area contributed by atoms with Crippen LogP contribution in [0.1, 0.15) is 37.7 Å². The maximum absolute atomic E-state index is 9.77. The number of nitrogens with zero attached hydrogens (tertiary/aromatic N) is 1. The van der Waals surface area contributed by atoms with Crippen LogP contribution in [0.2, 0.25) is 10.0 Å². The van der Waals surface area contributed by atoms with Crippen molar-refractivity contribution in [3.05, 3.63) is 33.8 Å². The summed E-state index contributed by atoms with van der Waals surface area (Å²) in [4.78, 5) is 22.1. The maximum atomic E-state index is 9.77. The highest BCUT2D eigenvalue weighted by atomic mass is 35.5. The lowest BCUT2D eigenvalue weighted by molar-refractivity contribution is -0.165. The molecule has 2 aliphatic heterocycles. The fourth-order valence-electron chi connectivity index (χ4n) is 4.46. The summed E-state index contributed by atoms with van der Waals surface area (Å²) in [6.45, 7) is 3.69. The van der Waals surface area contributed by atoms with Crippen LogP contribution < -0.4 is 0 Å². The Morgan fingerprint density at radius 1 is 1.12 bits per heavy atom. The molecule has 1 aromatic carbocycles. The molecule has 0 radical (unpaired) electrons. The topological polar surface area (TPSA) is 159 Å². The summed E-state index contributed by atoms with van der Waals surface area (Å²) in [5.41, 5.74) is 1.32. The molecule has 0 aromatic heterocycles. The van der Waals surface area contributed by atoms with Crippen molar-refractivity contribution in [1.29, 1.82) is 0 Å². The molecule has 0 amide bonds. The van der Waals surface area contributed by atoms with Crippen molar-refractivity contribution < 1.29 is 40.2 Å². The second kappa shape index (κ2) is 12.7. The fourth-order valence-corrected chi connectivity index (χ4v) is 4.76. The minimum atomic E-state index is -2.27. The van der Waals surface area contributed by atoms with Gasteiger partial charge in [-0.25, -0.2) is 9.59 Å². The molecule has 1 aromatic rings. The van der Waals surface area contributed by atoms with Crippen LogP contribution in [0.15, 0.2) is 18.2 Å². The number of carbonyl (C=O) groups is 2. The number of ether oxygens (including phenoxy) is 1. The van der Waals surface area contributed by atoms with Gasteiger partial charge in [0.25, 0.3) is 0 Å². The van der Waals surface area contributed by atoms with E-state index >= 15 is 0 Å². The largest absolute Gasteiger partial charge is 0.479 e. The average Bonchev–Trinajstić information content (AvgIpc) is 2.97. The first-order valence-electron chi connectivity index (χ1n) is 10.1. The quantitative estimate of drug-likeness (QED) is 0.444. The molecule has 2 fully saturated rings. The zero-order chi connectivity index (χ0) is 23.3. The molecule has 2 bridgehead atoms. The van der Waals surface area contributed by atoms with Crippen LogP contribution >= 0.6 is 23.2 Å². The minimum absolute atomic E-state index is 0. The highest BCUT2D eigenvalue weighted by Gasteiger charge is 2.45. The molecule has 0 saturated carbocycles. The number of fused-ring (bicyclic) bond motifs is 2. The van der Waals surface area contributed by atoms with Gasteiger partial charge in [0.15, 0.2) is 12.2 Å². The normalized spacial score (nSPS) is 26.3. The Hall–Kier alpha value is -1.46. The number of carboxylic acid groups (broad SMARTS) is 2. The average molecular weight is 496 g/mol. The molecule has 2 heterocycles. The first-order chi connectivity index (χ1) is 14.6. The summed E-state index contributed by atoms with van der Waals surface area (Å²) in [6, 6.07) is 7.46. The molecule has 9 nitrogen and oxygen atoms in total. The van der Waals surface area contributed by atoms with Gasteiger partial charge >= 0.3 is 11.9 Å². The molecule has 3 rings (SSSR count). The number of hydrogen-bond donors (Lipinski definition) is 4. The van der Waals surface area contributed by atoms with Gasteiger partial charge < -0.3 is 35.5 Å². The van der Waals surface area contributed by atoms with Crippen LogP contribution in [-0.4, -0.2) is 87.3 Å². The van der Waals surface area contributed by atoms with Crippen molar-refractivity contribution in [2.45, 2.75) is 56.4 Å². The third kappa shape index (κ3) is 6.77. The van der Waals surface area contributed by atoms with E-state index in [1.807, 2.05) is 6.07 Å². The number of hydrogen-bond acceptors (Lipinski definition) is 6. The Kier molecular flexibility index (Phi) is 11.3.